The second-order valence-corrected chi connectivity index (χ2v) is 9.76. The molecule has 11 N–H and O–H groups in total. The third-order valence-electron chi connectivity index (χ3n) is 6.75. The highest BCUT2D eigenvalue weighted by molar-refractivity contribution is 5.91. The molecule has 4 aromatic rings. The van der Waals surface area contributed by atoms with Gasteiger partial charge in [0.15, 0.2) is 57.8 Å². The Hall–Kier alpha value is -6.09. The lowest BCUT2D eigenvalue weighted by Gasteiger charge is -2.34. The van der Waals surface area contributed by atoms with E-state index in [1.807, 2.05) is 0 Å². The number of rotatable bonds is 6. The van der Waals surface area contributed by atoms with Crippen LogP contribution in [0.3, 0.4) is 0 Å². The van der Waals surface area contributed by atoms with Crippen LogP contribution >= 0.6 is 0 Å². The maximum atomic E-state index is 13.1. The van der Waals surface area contributed by atoms with Crippen molar-refractivity contribution in [2.24, 2.45) is 0 Å². The van der Waals surface area contributed by atoms with Gasteiger partial charge in [0, 0.05) is 35.2 Å². The normalized spacial score (nSPS) is 16.4. The Kier molecular flexibility index (Phi) is 7.32. The number of aromatic hydroxyl groups is 10. The van der Waals surface area contributed by atoms with Crippen molar-refractivity contribution >= 4 is 5.97 Å². The Morgan fingerprint density at radius 1 is 0.705 bits per heavy atom. The van der Waals surface area contributed by atoms with Crippen molar-refractivity contribution in [3.8, 4) is 69.0 Å². The molecule has 0 saturated heterocycles. The zero-order valence-corrected chi connectivity index (χ0v) is 22.1. The molecule has 0 radical (unpaired) electrons. The molecule has 0 aromatic heterocycles. The number of ether oxygens (including phenoxy) is 3. The molecule has 5 rings (SSSR count). The van der Waals surface area contributed by atoms with Crippen LogP contribution in [-0.2, 0) is 11.2 Å². The number of phenols is 10. The summed E-state index contributed by atoms with van der Waals surface area (Å²) in [4.78, 5) is 13.1. The first-order valence-corrected chi connectivity index (χ1v) is 12.6. The van der Waals surface area contributed by atoms with Gasteiger partial charge < -0.3 is 70.4 Å². The van der Waals surface area contributed by atoms with Gasteiger partial charge in [0.25, 0.3) is 0 Å². The molecule has 15 nitrogen and oxygen atoms in total. The second kappa shape index (κ2) is 11.0. The Labute approximate surface area is 246 Å². The molecule has 4 aromatic carbocycles. The Balaban J connectivity index is 1.55. The number of aliphatic hydroxyl groups excluding tert-OH is 1. The molecule has 1 aliphatic heterocycles. The minimum absolute atomic E-state index is 0.00135. The van der Waals surface area contributed by atoms with Crippen molar-refractivity contribution < 1.29 is 75.2 Å². The van der Waals surface area contributed by atoms with Crippen molar-refractivity contribution in [2.75, 3.05) is 0 Å². The van der Waals surface area contributed by atoms with E-state index in [1.165, 1.54) is 0 Å². The minimum atomic E-state index is -1.88. The maximum absolute atomic E-state index is 13.1. The molecule has 44 heavy (non-hydrogen) atoms. The summed E-state index contributed by atoms with van der Waals surface area (Å²) in [6, 6.07) is 7.78. The van der Waals surface area contributed by atoms with E-state index < -0.39 is 82.0 Å². The van der Waals surface area contributed by atoms with Gasteiger partial charge in [-0.3, -0.25) is 0 Å². The predicted molar refractivity (Wildman–Crippen MR) is 144 cm³/mol. The summed E-state index contributed by atoms with van der Waals surface area (Å²) in [7, 11) is 0. The van der Waals surface area contributed by atoms with Crippen LogP contribution in [0.5, 0.6) is 69.0 Å². The average molecular weight is 612 g/mol. The molecule has 0 fully saturated rings. The number of hydrogen-bond donors (Lipinski definition) is 11. The molecule has 1 heterocycles. The van der Waals surface area contributed by atoms with E-state index in [4.69, 9.17) is 14.2 Å². The van der Waals surface area contributed by atoms with E-state index in [9.17, 15) is 61.0 Å². The lowest BCUT2D eigenvalue weighted by atomic mass is 9.93. The molecule has 15 heteroatoms. The van der Waals surface area contributed by atoms with Gasteiger partial charge in [-0.25, -0.2) is 4.79 Å². The number of carbonyl (C=O) groups is 1. The van der Waals surface area contributed by atoms with E-state index in [0.717, 1.165) is 48.5 Å². The number of fused-ring (bicyclic) bond motifs is 1. The van der Waals surface area contributed by atoms with Crippen LogP contribution in [0.25, 0.3) is 0 Å². The van der Waals surface area contributed by atoms with Gasteiger partial charge in [-0.15, -0.1) is 0 Å². The Morgan fingerprint density at radius 3 is 1.75 bits per heavy atom. The molecule has 1 aliphatic rings. The molecule has 0 saturated carbocycles. The summed E-state index contributed by atoms with van der Waals surface area (Å²) in [5.41, 5.74) is -0.469. The van der Waals surface area contributed by atoms with Gasteiger partial charge in [-0.1, -0.05) is 0 Å². The number of aliphatic hydroxyl groups is 1. The highest BCUT2D eigenvalue weighted by Gasteiger charge is 2.38. The Bertz CT molecular complexity index is 1710. The maximum Gasteiger partial charge on any atom is 0.338 e. The quantitative estimate of drug-likeness (QED) is 0.0849. The summed E-state index contributed by atoms with van der Waals surface area (Å²) in [5, 5.41) is 110. The third-order valence-corrected chi connectivity index (χ3v) is 6.75. The number of benzene rings is 4. The first-order valence-electron chi connectivity index (χ1n) is 12.6. The molecule has 0 spiro atoms. The molecule has 3 unspecified atom stereocenters. The number of hydrogen-bond acceptors (Lipinski definition) is 15. The highest BCUT2D eigenvalue weighted by Crippen LogP contribution is 2.47. The van der Waals surface area contributed by atoms with Crippen LogP contribution in [0.4, 0.5) is 0 Å². The lowest BCUT2D eigenvalue weighted by molar-refractivity contribution is -0.0302. The number of phenolic OH excluding ortho intramolecular Hbond substituents is 10. The minimum Gasteiger partial charge on any atom is -0.508 e. The smallest absolute Gasteiger partial charge is 0.338 e. The molecule has 0 bridgehead atoms. The number of carbonyl (C=O) groups excluding carboxylic acids is 1. The molecule has 230 valence electrons. The topological polar surface area (TPSA) is 267 Å². The van der Waals surface area contributed by atoms with E-state index in [0.29, 0.717) is 0 Å². The van der Waals surface area contributed by atoms with Crippen molar-refractivity contribution in [2.45, 2.75) is 24.9 Å². The fraction of sp³-hybridized carbons (Fsp3) is 0.138. The van der Waals surface area contributed by atoms with Crippen molar-refractivity contribution in [1.82, 2.24) is 0 Å². The second-order valence-electron chi connectivity index (χ2n) is 9.76. The first-order chi connectivity index (χ1) is 20.7. The van der Waals surface area contributed by atoms with Gasteiger partial charge in [0.1, 0.15) is 23.4 Å². The third kappa shape index (κ3) is 5.41. The van der Waals surface area contributed by atoms with Gasteiger partial charge >= 0.3 is 5.97 Å². The zero-order valence-electron chi connectivity index (χ0n) is 22.1. The standard InChI is InChI=1S/C29H24O15/c30-13-7-21-14(22(8-13)43-28(40)11-3-17(33)25(38)18(34)4-11)9-23(27(42-21)10-1-15(31)24(37)16(32)2-10)44-29(41)12-5-19(35)26(39)20(36)6-12/h1-8,23,27-28,30-40H,9H2. The SMILES string of the molecule is O=C(OC1Cc2c(OC(O)c3cc(O)c(O)c(O)c3)cc(O)cc2OC1c1cc(O)c(O)c(O)c1)c1cc(O)c(O)c(O)c1. The van der Waals surface area contributed by atoms with Gasteiger partial charge in [-0.2, -0.15) is 0 Å². The van der Waals surface area contributed by atoms with E-state index in [-0.39, 0.29) is 40.2 Å². The first kappa shape index (κ1) is 29.4. The summed E-state index contributed by atoms with van der Waals surface area (Å²) < 4.78 is 17.2. The van der Waals surface area contributed by atoms with Crippen LogP contribution in [0, 0.1) is 0 Å². The summed E-state index contributed by atoms with van der Waals surface area (Å²) in [6.45, 7) is 0. The largest absolute Gasteiger partial charge is 0.508 e. The predicted octanol–water partition coefficient (Wildman–Crippen LogP) is 2.71. The average Bonchev–Trinajstić information content (AvgIpc) is 2.96. The van der Waals surface area contributed by atoms with Crippen molar-refractivity contribution in [1.29, 1.82) is 0 Å². The van der Waals surface area contributed by atoms with E-state index in [1.54, 1.807) is 0 Å². The fourth-order valence-corrected chi connectivity index (χ4v) is 4.60. The van der Waals surface area contributed by atoms with Crippen LogP contribution in [0.15, 0.2) is 48.5 Å². The van der Waals surface area contributed by atoms with E-state index in [2.05, 4.69) is 0 Å². The molecular formula is C29H24O15. The van der Waals surface area contributed by atoms with Crippen molar-refractivity contribution in [3.05, 3.63) is 70.8 Å². The van der Waals surface area contributed by atoms with Crippen LogP contribution in [0.1, 0.15) is 39.4 Å². The van der Waals surface area contributed by atoms with Crippen molar-refractivity contribution in [3.63, 3.8) is 0 Å². The van der Waals surface area contributed by atoms with Crippen LogP contribution in [-0.4, -0.2) is 68.2 Å². The summed E-state index contributed by atoms with van der Waals surface area (Å²) in [5.74, 6) is -8.99. The fourth-order valence-electron chi connectivity index (χ4n) is 4.60. The molecule has 0 amide bonds. The summed E-state index contributed by atoms with van der Waals surface area (Å²) in [6.07, 6.45) is -4.83. The van der Waals surface area contributed by atoms with Crippen LogP contribution in [0.2, 0.25) is 0 Å². The number of esters is 1. The molecule has 3 atom stereocenters. The zero-order chi connectivity index (χ0) is 32.0. The summed E-state index contributed by atoms with van der Waals surface area (Å²) >= 11 is 0. The van der Waals surface area contributed by atoms with Gasteiger partial charge in [0.2, 0.25) is 6.29 Å². The van der Waals surface area contributed by atoms with E-state index >= 15 is 0 Å². The van der Waals surface area contributed by atoms with Crippen LogP contribution < -0.4 is 9.47 Å². The van der Waals surface area contributed by atoms with Gasteiger partial charge in [-0.05, 0) is 36.4 Å². The monoisotopic (exact) mass is 612 g/mol. The molecule has 0 aliphatic carbocycles. The Morgan fingerprint density at radius 2 is 1.20 bits per heavy atom. The lowest BCUT2D eigenvalue weighted by Crippen LogP contribution is -2.35. The van der Waals surface area contributed by atoms with Gasteiger partial charge in [0.05, 0.1) is 5.56 Å². The highest BCUT2D eigenvalue weighted by atomic mass is 16.6. The molecular weight excluding hydrogens is 588 g/mol.